The van der Waals surface area contributed by atoms with E-state index in [0.29, 0.717) is 12.5 Å². The van der Waals surface area contributed by atoms with Gasteiger partial charge in [0.05, 0.1) is 26.3 Å². The third-order valence-electron chi connectivity index (χ3n) is 4.33. The van der Waals surface area contributed by atoms with Gasteiger partial charge in [-0.05, 0) is 24.5 Å². The highest BCUT2D eigenvalue weighted by Gasteiger charge is 2.09. The molecule has 0 saturated carbocycles. The predicted molar refractivity (Wildman–Crippen MR) is 123 cm³/mol. The third-order valence-corrected chi connectivity index (χ3v) is 4.33. The first-order chi connectivity index (χ1) is 12.7. The van der Waals surface area contributed by atoms with Crippen LogP contribution in [0.2, 0.25) is 0 Å². The molecule has 0 bridgehead atoms. The highest BCUT2D eigenvalue weighted by molar-refractivity contribution is 14.0. The monoisotopic (exact) mass is 490 g/mol. The van der Waals surface area contributed by atoms with E-state index in [4.69, 9.17) is 9.47 Å². The summed E-state index contributed by atoms with van der Waals surface area (Å²) in [6.07, 6.45) is 0. The number of hydrogen-bond donors (Lipinski definition) is 2. The fourth-order valence-corrected chi connectivity index (χ4v) is 2.89. The molecule has 2 rings (SSSR count). The van der Waals surface area contributed by atoms with Gasteiger partial charge in [0, 0.05) is 26.2 Å². The van der Waals surface area contributed by atoms with Crippen molar-refractivity contribution in [2.75, 3.05) is 59.1 Å². The first-order valence-electron chi connectivity index (χ1n) is 9.74. The predicted octanol–water partition coefficient (Wildman–Crippen LogP) is 2.69. The van der Waals surface area contributed by atoms with Gasteiger partial charge in [-0.1, -0.05) is 32.0 Å². The molecule has 154 valence electrons. The maximum atomic E-state index is 5.96. The molecule has 1 aliphatic heterocycles. The summed E-state index contributed by atoms with van der Waals surface area (Å²) in [6, 6.07) is 8.25. The molecule has 0 amide bonds. The Balaban J connectivity index is 0.00000364. The second kappa shape index (κ2) is 14.0. The van der Waals surface area contributed by atoms with Crippen LogP contribution in [-0.2, 0) is 4.74 Å². The van der Waals surface area contributed by atoms with Crippen LogP contribution < -0.4 is 15.4 Å². The Morgan fingerprint density at radius 1 is 1.22 bits per heavy atom. The molecular weight excluding hydrogens is 455 g/mol. The normalized spacial score (nSPS) is 15.3. The van der Waals surface area contributed by atoms with Crippen molar-refractivity contribution in [3.8, 4) is 5.75 Å². The molecule has 0 unspecified atom stereocenters. The van der Waals surface area contributed by atoms with Crippen LogP contribution in [0, 0.1) is 0 Å². The molecule has 2 N–H and O–H groups in total. The van der Waals surface area contributed by atoms with E-state index in [9.17, 15) is 0 Å². The number of morpholine rings is 1. The molecule has 0 spiro atoms. The SMILES string of the molecule is CCNC(=NCCN1CCOCC1)NCCOc1ccccc1C(C)C.I. The Hall–Kier alpha value is -1.06. The Bertz CT molecular complexity index is 549. The van der Waals surface area contributed by atoms with Crippen molar-refractivity contribution in [1.29, 1.82) is 0 Å². The van der Waals surface area contributed by atoms with Gasteiger partial charge in [0.25, 0.3) is 0 Å². The average molecular weight is 490 g/mol. The van der Waals surface area contributed by atoms with Crippen molar-refractivity contribution in [3.05, 3.63) is 29.8 Å². The zero-order chi connectivity index (χ0) is 18.6. The van der Waals surface area contributed by atoms with Gasteiger partial charge in [-0.3, -0.25) is 9.89 Å². The molecule has 27 heavy (non-hydrogen) atoms. The summed E-state index contributed by atoms with van der Waals surface area (Å²) in [5.41, 5.74) is 1.25. The number of para-hydroxylation sites is 1. The highest BCUT2D eigenvalue weighted by Crippen LogP contribution is 2.25. The minimum Gasteiger partial charge on any atom is -0.491 e. The van der Waals surface area contributed by atoms with Gasteiger partial charge < -0.3 is 20.1 Å². The van der Waals surface area contributed by atoms with Crippen LogP contribution in [0.1, 0.15) is 32.3 Å². The van der Waals surface area contributed by atoms with E-state index in [-0.39, 0.29) is 24.0 Å². The molecule has 0 aromatic heterocycles. The smallest absolute Gasteiger partial charge is 0.191 e. The summed E-state index contributed by atoms with van der Waals surface area (Å²) >= 11 is 0. The molecule has 6 nitrogen and oxygen atoms in total. The maximum absolute atomic E-state index is 5.96. The Morgan fingerprint density at radius 2 is 1.96 bits per heavy atom. The zero-order valence-corrected chi connectivity index (χ0v) is 19.2. The number of hydrogen-bond acceptors (Lipinski definition) is 4. The van der Waals surface area contributed by atoms with E-state index >= 15 is 0 Å². The minimum absolute atomic E-state index is 0. The van der Waals surface area contributed by atoms with Crippen molar-refractivity contribution >= 4 is 29.9 Å². The van der Waals surface area contributed by atoms with E-state index in [1.165, 1.54) is 5.56 Å². The minimum atomic E-state index is 0. The lowest BCUT2D eigenvalue weighted by molar-refractivity contribution is 0.0394. The topological polar surface area (TPSA) is 58.1 Å². The summed E-state index contributed by atoms with van der Waals surface area (Å²) in [5, 5.41) is 6.64. The molecule has 0 atom stereocenters. The summed E-state index contributed by atoms with van der Waals surface area (Å²) in [4.78, 5) is 7.05. The van der Waals surface area contributed by atoms with Crippen LogP contribution in [0.3, 0.4) is 0 Å². The second-order valence-corrected chi connectivity index (χ2v) is 6.68. The van der Waals surface area contributed by atoms with Gasteiger partial charge in [-0.15, -0.1) is 24.0 Å². The van der Waals surface area contributed by atoms with Crippen LogP contribution in [0.4, 0.5) is 0 Å². The highest BCUT2D eigenvalue weighted by atomic mass is 127. The van der Waals surface area contributed by atoms with Gasteiger partial charge >= 0.3 is 0 Å². The fourth-order valence-electron chi connectivity index (χ4n) is 2.89. The van der Waals surface area contributed by atoms with Crippen LogP contribution in [0.15, 0.2) is 29.3 Å². The maximum Gasteiger partial charge on any atom is 0.191 e. The first-order valence-corrected chi connectivity index (χ1v) is 9.74. The van der Waals surface area contributed by atoms with Crippen molar-refractivity contribution in [3.63, 3.8) is 0 Å². The summed E-state index contributed by atoms with van der Waals surface area (Å²) in [6.45, 7) is 14.0. The first kappa shape index (κ1) is 24.0. The van der Waals surface area contributed by atoms with Crippen LogP contribution in [0.25, 0.3) is 0 Å². The molecule has 0 radical (unpaired) electrons. The zero-order valence-electron chi connectivity index (χ0n) is 16.9. The van der Waals surface area contributed by atoms with Gasteiger partial charge in [-0.2, -0.15) is 0 Å². The largest absolute Gasteiger partial charge is 0.491 e. The lowest BCUT2D eigenvalue weighted by atomic mass is 10.0. The lowest BCUT2D eigenvalue weighted by Crippen LogP contribution is -2.41. The number of nitrogens with zero attached hydrogens (tertiary/aromatic N) is 2. The van der Waals surface area contributed by atoms with Crippen LogP contribution >= 0.6 is 24.0 Å². The summed E-state index contributed by atoms with van der Waals surface area (Å²) in [5.74, 6) is 2.28. The lowest BCUT2D eigenvalue weighted by Gasteiger charge is -2.25. The number of halogens is 1. The average Bonchev–Trinajstić information content (AvgIpc) is 2.66. The van der Waals surface area contributed by atoms with Gasteiger partial charge in [0.1, 0.15) is 12.4 Å². The quantitative estimate of drug-likeness (QED) is 0.241. The van der Waals surface area contributed by atoms with Crippen molar-refractivity contribution in [1.82, 2.24) is 15.5 Å². The van der Waals surface area contributed by atoms with E-state index in [1.807, 2.05) is 12.1 Å². The standard InChI is InChI=1S/C20H34N4O2.HI/c1-4-21-20(22-9-11-24-12-15-25-16-13-24)23-10-14-26-19-8-6-5-7-18(19)17(2)3;/h5-8,17H,4,9-16H2,1-3H3,(H2,21,22,23);1H. The molecule has 1 fully saturated rings. The molecule has 1 aromatic carbocycles. The number of benzene rings is 1. The summed E-state index contributed by atoms with van der Waals surface area (Å²) < 4.78 is 11.3. The van der Waals surface area contributed by atoms with Crippen molar-refractivity contribution < 1.29 is 9.47 Å². The number of guanidine groups is 1. The number of nitrogens with one attached hydrogen (secondary N) is 2. The molecule has 1 saturated heterocycles. The van der Waals surface area contributed by atoms with Crippen LogP contribution in [0.5, 0.6) is 5.75 Å². The van der Waals surface area contributed by atoms with Crippen molar-refractivity contribution in [2.45, 2.75) is 26.7 Å². The van der Waals surface area contributed by atoms with Gasteiger partial charge in [-0.25, -0.2) is 0 Å². The van der Waals surface area contributed by atoms with E-state index in [0.717, 1.165) is 64.2 Å². The van der Waals surface area contributed by atoms with E-state index in [1.54, 1.807) is 0 Å². The van der Waals surface area contributed by atoms with Gasteiger partial charge in [0.2, 0.25) is 0 Å². The number of ether oxygens (including phenoxy) is 2. The van der Waals surface area contributed by atoms with E-state index < -0.39 is 0 Å². The number of rotatable bonds is 9. The molecule has 7 heteroatoms. The fraction of sp³-hybridized carbons (Fsp3) is 0.650. The Labute approximate surface area is 181 Å². The molecule has 1 aromatic rings. The molecule has 1 heterocycles. The molecular formula is C20H35IN4O2. The number of aliphatic imine (C=N–C) groups is 1. The Kier molecular flexibility index (Phi) is 12.4. The van der Waals surface area contributed by atoms with Crippen molar-refractivity contribution in [2.24, 2.45) is 4.99 Å². The molecule has 0 aliphatic carbocycles. The Morgan fingerprint density at radius 3 is 2.67 bits per heavy atom. The third kappa shape index (κ3) is 9.12. The van der Waals surface area contributed by atoms with Crippen LogP contribution in [-0.4, -0.2) is 69.9 Å². The summed E-state index contributed by atoms with van der Waals surface area (Å²) in [7, 11) is 0. The van der Waals surface area contributed by atoms with E-state index in [2.05, 4.69) is 53.4 Å². The second-order valence-electron chi connectivity index (χ2n) is 6.68. The van der Waals surface area contributed by atoms with Gasteiger partial charge in [0.15, 0.2) is 5.96 Å². The molecule has 1 aliphatic rings.